The van der Waals surface area contributed by atoms with Crippen molar-refractivity contribution in [3.05, 3.63) is 0 Å². The zero-order valence-electron chi connectivity index (χ0n) is 9.89. The molecule has 14 heavy (non-hydrogen) atoms. The SMILES string of the molecule is CC1(C)[C@H]2CC[C@@]1(C)[C@](C)(O)[C@]2(C)O. The van der Waals surface area contributed by atoms with Crippen molar-refractivity contribution >= 4 is 0 Å². The molecule has 2 aliphatic rings. The average Bonchev–Trinajstić information content (AvgIpc) is 2.26. The number of rotatable bonds is 0. The molecule has 0 aromatic rings. The van der Waals surface area contributed by atoms with Gasteiger partial charge in [-0.3, -0.25) is 0 Å². The fraction of sp³-hybridized carbons (Fsp3) is 1.00. The molecule has 82 valence electrons. The molecule has 4 atom stereocenters. The van der Waals surface area contributed by atoms with Crippen LogP contribution in [0.3, 0.4) is 0 Å². The fourth-order valence-electron chi connectivity index (χ4n) is 4.25. The molecule has 0 radical (unpaired) electrons. The highest BCUT2D eigenvalue weighted by molar-refractivity contribution is 5.25. The molecule has 2 nitrogen and oxygen atoms in total. The van der Waals surface area contributed by atoms with E-state index in [1.165, 1.54) is 0 Å². The molecule has 2 fully saturated rings. The molecule has 0 amide bonds. The number of aliphatic hydroxyl groups is 2. The lowest BCUT2D eigenvalue weighted by Crippen LogP contribution is -2.58. The van der Waals surface area contributed by atoms with Crippen molar-refractivity contribution in [1.29, 1.82) is 0 Å². The fourth-order valence-corrected chi connectivity index (χ4v) is 4.25. The van der Waals surface area contributed by atoms with E-state index in [4.69, 9.17) is 0 Å². The monoisotopic (exact) mass is 198 g/mol. The molecule has 0 aromatic heterocycles. The van der Waals surface area contributed by atoms with Crippen LogP contribution in [0.1, 0.15) is 47.5 Å². The van der Waals surface area contributed by atoms with Gasteiger partial charge in [0.05, 0.1) is 11.2 Å². The first-order chi connectivity index (χ1) is 6.09. The summed E-state index contributed by atoms with van der Waals surface area (Å²) in [5.41, 5.74) is -2.04. The van der Waals surface area contributed by atoms with E-state index in [1.807, 2.05) is 0 Å². The summed E-state index contributed by atoms with van der Waals surface area (Å²) in [6, 6.07) is 0. The van der Waals surface area contributed by atoms with Gasteiger partial charge < -0.3 is 10.2 Å². The molecule has 2 saturated carbocycles. The van der Waals surface area contributed by atoms with Crippen molar-refractivity contribution in [3.63, 3.8) is 0 Å². The van der Waals surface area contributed by atoms with Gasteiger partial charge in [-0.15, -0.1) is 0 Å². The van der Waals surface area contributed by atoms with Crippen LogP contribution in [0.25, 0.3) is 0 Å². The van der Waals surface area contributed by atoms with Gasteiger partial charge in [-0.1, -0.05) is 20.8 Å². The first kappa shape index (κ1) is 10.4. The van der Waals surface area contributed by atoms with Crippen LogP contribution in [0, 0.1) is 16.7 Å². The van der Waals surface area contributed by atoms with Gasteiger partial charge in [0.25, 0.3) is 0 Å². The molecule has 0 heterocycles. The maximum atomic E-state index is 10.6. The smallest absolute Gasteiger partial charge is 0.0963 e. The van der Waals surface area contributed by atoms with Gasteiger partial charge in [0.2, 0.25) is 0 Å². The highest BCUT2D eigenvalue weighted by Crippen LogP contribution is 2.72. The van der Waals surface area contributed by atoms with E-state index in [-0.39, 0.29) is 16.7 Å². The second-order valence-corrected chi connectivity index (χ2v) is 6.36. The molecule has 2 aliphatic carbocycles. The normalized spacial score (nSPS) is 60.6. The molecular formula is C12H22O2. The van der Waals surface area contributed by atoms with Crippen molar-refractivity contribution in [2.24, 2.45) is 16.7 Å². The van der Waals surface area contributed by atoms with Gasteiger partial charge in [-0.25, -0.2) is 0 Å². The zero-order chi connectivity index (χ0) is 11.0. The highest BCUT2D eigenvalue weighted by Gasteiger charge is 2.76. The minimum Gasteiger partial charge on any atom is -0.387 e. The Bertz CT molecular complexity index is 270. The minimum atomic E-state index is -0.966. The lowest BCUT2D eigenvalue weighted by Gasteiger charge is -2.47. The van der Waals surface area contributed by atoms with Gasteiger partial charge in [0.15, 0.2) is 0 Å². The summed E-state index contributed by atoms with van der Waals surface area (Å²) >= 11 is 0. The maximum absolute atomic E-state index is 10.6. The Morgan fingerprint density at radius 3 is 1.71 bits per heavy atom. The molecule has 2 N–H and O–H groups in total. The third-order valence-electron chi connectivity index (χ3n) is 5.96. The van der Waals surface area contributed by atoms with Crippen LogP contribution in [0.5, 0.6) is 0 Å². The van der Waals surface area contributed by atoms with Crippen molar-refractivity contribution in [2.75, 3.05) is 0 Å². The van der Waals surface area contributed by atoms with E-state index in [9.17, 15) is 10.2 Å². The van der Waals surface area contributed by atoms with E-state index in [1.54, 1.807) is 13.8 Å². The molecule has 0 aliphatic heterocycles. The summed E-state index contributed by atoms with van der Waals surface area (Å²) in [7, 11) is 0. The van der Waals surface area contributed by atoms with E-state index >= 15 is 0 Å². The number of hydrogen-bond donors (Lipinski definition) is 2. The summed E-state index contributed by atoms with van der Waals surface area (Å²) in [5, 5.41) is 21.0. The Labute approximate surface area is 86.3 Å². The zero-order valence-corrected chi connectivity index (χ0v) is 9.89. The lowest BCUT2D eigenvalue weighted by molar-refractivity contribution is -0.186. The standard InChI is InChI=1S/C12H22O2/c1-9(2)8-6-7-10(9,3)12(5,14)11(8,4)13/h8,13-14H,6-7H2,1-5H3/t8-,10-,11-,12+/m1/s1. The largest absolute Gasteiger partial charge is 0.387 e. The Morgan fingerprint density at radius 2 is 1.50 bits per heavy atom. The molecule has 2 heteroatoms. The molecule has 0 aromatic carbocycles. The van der Waals surface area contributed by atoms with Crippen LogP contribution in [0.15, 0.2) is 0 Å². The molecule has 0 saturated heterocycles. The first-order valence-electron chi connectivity index (χ1n) is 5.54. The number of hydrogen-bond acceptors (Lipinski definition) is 2. The van der Waals surface area contributed by atoms with Crippen LogP contribution in [-0.4, -0.2) is 21.4 Å². The van der Waals surface area contributed by atoms with E-state index in [2.05, 4.69) is 20.8 Å². The Hall–Kier alpha value is -0.0800. The van der Waals surface area contributed by atoms with E-state index < -0.39 is 11.2 Å². The average molecular weight is 198 g/mol. The van der Waals surface area contributed by atoms with E-state index in [0.29, 0.717) is 0 Å². The summed E-state index contributed by atoms with van der Waals surface area (Å²) in [6.45, 7) is 10.1. The summed E-state index contributed by atoms with van der Waals surface area (Å²) < 4.78 is 0. The van der Waals surface area contributed by atoms with Crippen LogP contribution in [-0.2, 0) is 0 Å². The third-order valence-corrected chi connectivity index (χ3v) is 5.96. The van der Waals surface area contributed by atoms with Crippen LogP contribution in [0.2, 0.25) is 0 Å². The van der Waals surface area contributed by atoms with E-state index in [0.717, 1.165) is 12.8 Å². The summed E-state index contributed by atoms with van der Waals surface area (Å²) in [6.07, 6.45) is 2.06. The van der Waals surface area contributed by atoms with Crippen molar-refractivity contribution < 1.29 is 10.2 Å². The van der Waals surface area contributed by atoms with Gasteiger partial charge in [0.1, 0.15) is 0 Å². The van der Waals surface area contributed by atoms with Gasteiger partial charge in [-0.2, -0.15) is 0 Å². The first-order valence-corrected chi connectivity index (χ1v) is 5.54. The van der Waals surface area contributed by atoms with Crippen LogP contribution < -0.4 is 0 Å². The second-order valence-electron chi connectivity index (χ2n) is 6.36. The summed E-state index contributed by atoms with van der Waals surface area (Å²) in [5.74, 6) is 0.218. The Balaban J connectivity index is 2.62. The maximum Gasteiger partial charge on any atom is 0.0963 e. The van der Waals surface area contributed by atoms with Crippen LogP contribution in [0.4, 0.5) is 0 Å². The van der Waals surface area contributed by atoms with Gasteiger partial charge >= 0.3 is 0 Å². The van der Waals surface area contributed by atoms with Crippen molar-refractivity contribution in [3.8, 4) is 0 Å². The van der Waals surface area contributed by atoms with Gasteiger partial charge in [0, 0.05) is 5.41 Å². The molecule has 0 unspecified atom stereocenters. The molecule has 2 bridgehead atoms. The van der Waals surface area contributed by atoms with Gasteiger partial charge in [-0.05, 0) is 38.0 Å². The van der Waals surface area contributed by atoms with Crippen molar-refractivity contribution in [1.82, 2.24) is 0 Å². The Morgan fingerprint density at radius 1 is 1.00 bits per heavy atom. The third kappa shape index (κ3) is 0.704. The highest BCUT2D eigenvalue weighted by atomic mass is 16.4. The van der Waals surface area contributed by atoms with Crippen molar-refractivity contribution in [2.45, 2.75) is 58.7 Å². The summed E-state index contributed by atoms with van der Waals surface area (Å²) in [4.78, 5) is 0. The topological polar surface area (TPSA) is 40.5 Å². The molecular weight excluding hydrogens is 176 g/mol. The quantitative estimate of drug-likeness (QED) is 0.624. The minimum absolute atomic E-state index is 0.0278. The molecule has 2 rings (SSSR count). The Kier molecular flexibility index (Phi) is 1.64. The predicted octanol–water partition coefficient (Wildman–Crippen LogP) is 1.94. The molecule has 0 spiro atoms. The lowest BCUT2D eigenvalue weighted by atomic mass is 9.63. The van der Waals surface area contributed by atoms with Crippen LogP contribution >= 0.6 is 0 Å². The predicted molar refractivity (Wildman–Crippen MR) is 55.9 cm³/mol. The second kappa shape index (κ2) is 2.19. The number of fused-ring (bicyclic) bond motifs is 2.